The Bertz CT molecular complexity index is 1410. The minimum absolute atomic E-state index is 0.0342. The highest BCUT2D eigenvalue weighted by Gasteiger charge is 2.35. The molecule has 0 saturated carbocycles. The normalized spacial score (nSPS) is 13.5. The summed E-state index contributed by atoms with van der Waals surface area (Å²) in [4.78, 5) is 26.4. The van der Waals surface area contributed by atoms with Crippen LogP contribution in [0.15, 0.2) is 79.0 Å². The molecule has 2 amide bonds. The topological polar surface area (TPSA) is 73.0 Å². The number of hydrogen-bond donors (Lipinski definition) is 0. The average molecular weight is 407 g/mol. The number of amides is 2. The van der Waals surface area contributed by atoms with Crippen LogP contribution in [0, 0.1) is 0 Å². The number of carbonyl (C=O) groups is 2. The minimum Gasteiger partial charge on any atom is -0.334 e. The second kappa shape index (κ2) is 6.63. The first-order valence-electron chi connectivity index (χ1n) is 10.0. The van der Waals surface area contributed by atoms with Crippen molar-refractivity contribution in [3.8, 4) is 0 Å². The third kappa shape index (κ3) is 2.67. The zero-order valence-electron chi connectivity index (χ0n) is 16.5. The second-order valence-electron chi connectivity index (χ2n) is 7.60. The Balaban J connectivity index is 1.31. The van der Waals surface area contributed by atoms with Crippen molar-refractivity contribution in [1.29, 1.82) is 0 Å². The summed E-state index contributed by atoms with van der Waals surface area (Å²) in [5.41, 5.74) is 3.86. The highest BCUT2D eigenvalue weighted by Crippen LogP contribution is 2.29. The standard InChI is InChI=1S/C24H17N5O2/c30-23-19-9-1-2-10-20(19)24(31)29(23)15-27-13-16(25-26-27)14-28-21-11-5-3-7-17(21)18-8-4-6-12-22(18)28/h1-13H,14-15H2. The average Bonchev–Trinajstić information content (AvgIpc) is 3.46. The van der Waals surface area contributed by atoms with Gasteiger partial charge in [-0.2, -0.15) is 0 Å². The minimum atomic E-state index is -0.306. The van der Waals surface area contributed by atoms with Crippen LogP contribution in [0.4, 0.5) is 0 Å². The molecule has 5 aromatic rings. The molecule has 7 nitrogen and oxygen atoms in total. The molecule has 0 saturated heterocycles. The Labute approximate surface area is 177 Å². The highest BCUT2D eigenvalue weighted by molar-refractivity contribution is 6.21. The van der Waals surface area contributed by atoms with Crippen LogP contribution in [0.1, 0.15) is 26.4 Å². The highest BCUT2D eigenvalue weighted by atomic mass is 16.2. The van der Waals surface area contributed by atoms with Crippen molar-refractivity contribution < 1.29 is 9.59 Å². The van der Waals surface area contributed by atoms with Gasteiger partial charge in [-0.05, 0) is 24.3 Å². The quantitative estimate of drug-likeness (QED) is 0.426. The maximum atomic E-state index is 12.6. The SMILES string of the molecule is O=C1c2ccccc2C(=O)N1Cn1cc(Cn2c3ccccc3c3ccccc32)nn1. The molecule has 1 aliphatic heterocycles. The summed E-state index contributed by atoms with van der Waals surface area (Å²) in [6.07, 6.45) is 1.78. The van der Waals surface area contributed by atoms with Crippen molar-refractivity contribution >= 4 is 33.6 Å². The zero-order chi connectivity index (χ0) is 20.9. The Morgan fingerprint density at radius 1 is 0.710 bits per heavy atom. The summed E-state index contributed by atoms with van der Waals surface area (Å²) in [5.74, 6) is -0.611. The summed E-state index contributed by atoms with van der Waals surface area (Å²) in [5, 5.41) is 10.8. The fraction of sp³-hybridized carbons (Fsp3) is 0.0833. The summed E-state index contributed by atoms with van der Waals surface area (Å²) in [6.45, 7) is 0.572. The largest absolute Gasteiger partial charge is 0.334 e. The predicted octanol–water partition coefficient (Wildman–Crippen LogP) is 3.69. The lowest BCUT2D eigenvalue weighted by molar-refractivity contribution is 0.0596. The van der Waals surface area contributed by atoms with Crippen LogP contribution in [-0.2, 0) is 13.2 Å². The number of benzene rings is 3. The molecule has 7 heteroatoms. The molecule has 6 rings (SSSR count). The molecule has 3 heterocycles. The summed E-state index contributed by atoms with van der Waals surface area (Å²) in [7, 11) is 0. The molecule has 0 aliphatic carbocycles. The number of aromatic nitrogens is 4. The molecule has 0 N–H and O–H groups in total. The smallest absolute Gasteiger partial charge is 0.263 e. The van der Waals surface area contributed by atoms with Gasteiger partial charge >= 0.3 is 0 Å². The molecule has 1 aliphatic rings. The lowest BCUT2D eigenvalue weighted by Gasteiger charge is -2.12. The van der Waals surface area contributed by atoms with E-state index in [-0.39, 0.29) is 18.5 Å². The predicted molar refractivity (Wildman–Crippen MR) is 116 cm³/mol. The molecule has 150 valence electrons. The number of para-hydroxylation sites is 2. The number of imide groups is 1. The summed E-state index contributed by atoms with van der Waals surface area (Å²) in [6, 6.07) is 23.4. The van der Waals surface area contributed by atoms with Gasteiger partial charge in [0.25, 0.3) is 11.8 Å². The molecule has 0 spiro atoms. The van der Waals surface area contributed by atoms with Crippen LogP contribution in [0.2, 0.25) is 0 Å². The van der Waals surface area contributed by atoms with Gasteiger partial charge in [0, 0.05) is 21.8 Å². The van der Waals surface area contributed by atoms with Gasteiger partial charge in [0.2, 0.25) is 0 Å². The molecule has 0 atom stereocenters. The molecule has 31 heavy (non-hydrogen) atoms. The van der Waals surface area contributed by atoms with Gasteiger partial charge in [-0.1, -0.05) is 53.7 Å². The van der Waals surface area contributed by atoms with Crippen molar-refractivity contribution in [1.82, 2.24) is 24.5 Å². The van der Waals surface area contributed by atoms with E-state index in [1.807, 2.05) is 24.3 Å². The van der Waals surface area contributed by atoms with Crippen LogP contribution in [0.3, 0.4) is 0 Å². The first kappa shape index (κ1) is 17.6. The summed E-state index contributed by atoms with van der Waals surface area (Å²) >= 11 is 0. The maximum Gasteiger partial charge on any atom is 0.263 e. The lowest BCUT2D eigenvalue weighted by atomic mass is 10.1. The van der Waals surface area contributed by atoms with E-state index in [4.69, 9.17) is 0 Å². The van der Waals surface area contributed by atoms with Gasteiger partial charge in [0.15, 0.2) is 0 Å². The number of carbonyl (C=O) groups excluding carboxylic acids is 2. The molecule has 0 radical (unpaired) electrons. The number of hydrogen-bond acceptors (Lipinski definition) is 4. The van der Waals surface area contributed by atoms with E-state index in [0.29, 0.717) is 17.7 Å². The molecular weight excluding hydrogens is 390 g/mol. The first-order chi connectivity index (χ1) is 15.2. The fourth-order valence-corrected chi connectivity index (χ4v) is 4.33. The van der Waals surface area contributed by atoms with Crippen molar-refractivity contribution in [3.63, 3.8) is 0 Å². The van der Waals surface area contributed by atoms with E-state index >= 15 is 0 Å². The van der Waals surface area contributed by atoms with Crippen molar-refractivity contribution in [2.45, 2.75) is 13.2 Å². The Morgan fingerprint density at radius 3 is 1.87 bits per heavy atom. The third-order valence-corrected chi connectivity index (χ3v) is 5.75. The molecule has 0 bridgehead atoms. The van der Waals surface area contributed by atoms with E-state index < -0.39 is 0 Å². The van der Waals surface area contributed by atoms with E-state index in [0.717, 1.165) is 16.7 Å². The van der Waals surface area contributed by atoms with Crippen LogP contribution < -0.4 is 0 Å². The van der Waals surface area contributed by atoms with Gasteiger partial charge in [-0.15, -0.1) is 5.10 Å². The van der Waals surface area contributed by atoms with E-state index in [1.54, 1.807) is 30.5 Å². The number of fused-ring (bicyclic) bond motifs is 4. The van der Waals surface area contributed by atoms with Crippen LogP contribution in [0.25, 0.3) is 21.8 Å². The number of nitrogens with zero attached hydrogens (tertiary/aromatic N) is 5. The van der Waals surface area contributed by atoms with Crippen LogP contribution >= 0.6 is 0 Å². The van der Waals surface area contributed by atoms with Crippen molar-refractivity contribution in [3.05, 3.63) is 95.8 Å². The molecule has 0 unspecified atom stereocenters. The van der Waals surface area contributed by atoms with Gasteiger partial charge in [0.1, 0.15) is 12.4 Å². The second-order valence-corrected chi connectivity index (χ2v) is 7.60. The molecule has 2 aromatic heterocycles. The van der Waals surface area contributed by atoms with Gasteiger partial charge < -0.3 is 4.57 Å². The lowest BCUT2D eigenvalue weighted by Crippen LogP contribution is -2.32. The van der Waals surface area contributed by atoms with Crippen molar-refractivity contribution in [2.75, 3.05) is 0 Å². The van der Waals surface area contributed by atoms with E-state index in [2.05, 4.69) is 39.1 Å². The monoisotopic (exact) mass is 407 g/mol. The van der Waals surface area contributed by atoms with Crippen LogP contribution in [-0.4, -0.2) is 36.3 Å². The van der Waals surface area contributed by atoms with E-state index in [1.165, 1.54) is 20.4 Å². The fourth-order valence-electron chi connectivity index (χ4n) is 4.33. The third-order valence-electron chi connectivity index (χ3n) is 5.75. The maximum absolute atomic E-state index is 12.6. The summed E-state index contributed by atoms with van der Waals surface area (Å²) < 4.78 is 3.74. The van der Waals surface area contributed by atoms with E-state index in [9.17, 15) is 9.59 Å². The molecule has 3 aromatic carbocycles. The first-order valence-corrected chi connectivity index (χ1v) is 10.0. The molecular formula is C24H17N5O2. The number of rotatable bonds is 4. The van der Waals surface area contributed by atoms with Crippen molar-refractivity contribution in [2.24, 2.45) is 0 Å². The zero-order valence-corrected chi connectivity index (χ0v) is 16.5. The Morgan fingerprint density at radius 2 is 1.26 bits per heavy atom. The van der Waals surface area contributed by atoms with Crippen LogP contribution in [0.5, 0.6) is 0 Å². The van der Waals surface area contributed by atoms with Gasteiger partial charge in [0.05, 0.1) is 23.9 Å². The Hall–Kier alpha value is -4.26. The van der Waals surface area contributed by atoms with Gasteiger partial charge in [-0.25, -0.2) is 4.68 Å². The molecule has 0 fully saturated rings. The van der Waals surface area contributed by atoms with Gasteiger partial charge in [-0.3, -0.25) is 14.5 Å². The Kier molecular flexibility index (Phi) is 3.76.